The van der Waals surface area contributed by atoms with E-state index in [1.54, 1.807) is 61.7 Å². The van der Waals surface area contributed by atoms with Crippen LogP contribution in [0.5, 0.6) is 5.75 Å². The molecule has 26 heavy (non-hydrogen) atoms. The van der Waals surface area contributed by atoms with Crippen LogP contribution in [0.3, 0.4) is 0 Å². The highest BCUT2D eigenvalue weighted by molar-refractivity contribution is 7.85. The van der Waals surface area contributed by atoms with Crippen molar-refractivity contribution in [3.8, 4) is 5.75 Å². The molecule has 8 nitrogen and oxygen atoms in total. The molecule has 0 bridgehead atoms. The van der Waals surface area contributed by atoms with Crippen molar-refractivity contribution >= 4 is 27.7 Å². The van der Waals surface area contributed by atoms with Crippen molar-refractivity contribution < 1.29 is 22.5 Å². The molecule has 1 amide bonds. The van der Waals surface area contributed by atoms with Gasteiger partial charge in [0.25, 0.3) is 16.0 Å². The van der Waals surface area contributed by atoms with Crippen LogP contribution in [0.1, 0.15) is 10.4 Å². The minimum Gasteiger partial charge on any atom is -0.497 e. The Morgan fingerprint density at radius 1 is 1.12 bits per heavy atom. The number of anilines is 1. The van der Waals surface area contributed by atoms with Crippen LogP contribution >= 0.6 is 0 Å². The summed E-state index contributed by atoms with van der Waals surface area (Å²) in [6, 6.07) is 15.4. The molecule has 0 aliphatic heterocycles. The Morgan fingerprint density at radius 2 is 1.77 bits per heavy atom. The Bertz CT molecular complexity index is 865. The van der Waals surface area contributed by atoms with Gasteiger partial charge < -0.3 is 10.1 Å². The molecule has 3 N–H and O–H groups in total. The van der Waals surface area contributed by atoms with E-state index in [2.05, 4.69) is 15.6 Å². The molecule has 0 fully saturated rings. The molecular weight excluding hydrogens is 358 g/mol. The number of nitrogens with zero attached hydrogens (tertiary/aromatic N) is 1. The van der Waals surface area contributed by atoms with E-state index >= 15 is 0 Å². The molecule has 0 saturated carbocycles. The first-order valence-corrected chi connectivity index (χ1v) is 9.25. The highest BCUT2D eigenvalue weighted by atomic mass is 32.2. The van der Waals surface area contributed by atoms with Crippen LogP contribution < -0.4 is 15.4 Å². The highest BCUT2D eigenvalue weighted by Crippen LogP contribution is 2.14. The predicted molar refractivity (Wildman–Crippen MR) is 99.2 cm³/mol. The monoisotopic (exact) mass is 377 g/mol. The van der Waals surface area contributed by atoms with E-state index in [9.17, 15) is 13.2 Å². The highest BCUT2D eigenvalue weighted by Gasteiger charge is 2.10. The molecule has 0 aromatic heterocycles. The van der Waals surface area contributed by atoms with E-state index in [1.807, 2.05) is 0 Å². The summed E-state index contributed by atoms with van der Waals surface area (Å²) >= 11 is 0. The lowest BCUT2D eigenvalue weighted by Crippen LogP contribution is -2.36. The Kier molecular flexibility index (Phi) is 6.70. The van der Waals surface area contributed by atoms with Gasteiger partial charge in [0.05, 0.1) is 19.4 Å². The summed E-state index contributed by atoms with van der Waals surface area (Å²) < 4.78 is 35.6. The molecule has 138 valence electrons. The van der Waals surface area contributed by atoms with Crippen molar-refractivity contribution in [1.82, 2.24) is 5.32 Å². The zero-order valence-corrected chi connectivity index (χ0v) is 14.9. The predicted octanol–water partition coefficient (Wildman–Crippen LogP) is 1.78. The lowest BCUT2D eigenvalue weighted by Gasteiger charge is -2.12. The third-order valence-electron chi connectivity index (χ3n) is 3.24. The second-order valence-corrected chi connectivity index (χ2v) is 6.76. The zero-order chi connectivity index (χ0) is 19.0. The largest absolute Gasteiger partial charge is 0.497 e. The Hall–Kier alpha value is -2.91. The Labute approximate surface area is 151 Å². The van der Waals surface area contributed by atoms with Gasteiger partial charge in [0.15, 0.2) is 0 Å². The van der Waals surface area contributed by atoms with E-state index in [-0.39, 0.29) is 12.5 Å². The van der Waals surface area contributed by atoms with Crippen molar-refractivity contribution in [3.05, 3.63) is 60.2 Å². The van der Waals surface area contributed by atoms with E-state index in [4.69, 9.17) is 9.29 Å². The number of hydrogen-bond acceptors (Lipinski definition) is 5. The minimum absolute atomic E-state index is 0.0627. The standard InChI is InChI=1S/C17H19N3O5S/c1-25-15-9-7-14(8-10-15)19-17(18-11-12-26(22,23)24)20-16(21)13-5-3-2-4-6-13/h2-10H,11-12H2,1H3,(H,22,23,24)(H2,18,19,20,21). The molecule has 2 aromatic rings. The summed E-state index contributed by atoms with van der Waals surface area (Å²) in [5, 5.41) is 5.49. The van der Waals surface area contributed by atoms with E-state index < -0.39 is 21.8 Å². The van der Waals surface area contributed by atoms with Crippen molar-refractivity contribution in [2.45, 2.75) is 0 Å². The maximum atomic E-state index is 12.3. The molecular formula is C17H19N3O5S. The first kappa shape index (κ1) is 19.4. The first-order valence-electron chi connectivity index (χ1n) is 7.64. The lowest BCUT2D eigenvalue weighted by atomic mass is 10.2. The van der Waals surface area contributed by atoms with E-state index in [1.165, 1.54) is 0 Å². The van der Waals surface area contributed by atoms with Crippen molar-refractivity contribution in [2.24, 2.45) is 4.99 Å². The average molecular weight is 377 g/mol. The van der Waals surface area contributed by atoms with Crippen LogP contribution in [0.15, 0.2) is 59.6 Å². The smallest absolute Gasteiger partial charge is 0.266 e. The number of carbonyl (C=O) groups is 1. The lowest BCUT2D eigenvalue weighted by molar-refractivity contribution is 0.0977. The SMILES string of the molecule is COc1ccc(NC(=NCCS(=O)(=O)O)NC(=O)c2ccccc2)cc1. The fraction of sp³-hybridized carbons (Fsp3) is 0.176. The number of aliphatic imine (C=N–C) groups is 1. The van der Waals surface area contributed by atoms with Crippen molar-refractivity contribution in [3.63, 3.8) is 0 Å². The number of guanidine groups is 1. The van der Waals surface area contributed by atoms with Gasteiger partial charge in [0.1, 0.15) is 5.75 Å². The van der Waals surface area contributed by atoms with Crippen LogP contribution in [-0.2, 0) is 10.1 Å². The number of rotatable bonds is 6. The summed E-state index contributed by atoms with van der Waals surface area (Å²) in [6.45, 7) is -0.216. The average Bonchev–Trinajstić information content (AvgIpc) is 2.62. The van der Waals surface area contributed by atoms with Gasteiger partial charge in [-0.15, -0.1) is 0 Å². The van der Waals surface area contributed by atoms with Crippen LogP contribution in [0, 0.1) is 0 Å². The summed E-state index contributed by atoms with van der Waals surface area (Å²) in [4.78, 5) is 16.3. The van der Waals surface area contributed by atoms with E-state index in [0.717, 1.165) is 0 Å². The summed E-state index contributed by atoms with van der Waals surface area (Å²) in [5.41, 5.74) is 1.04. The minimum atomic E-state index is -4.15. The summed E-state index contributed by atoms with van der Waals surface area (Å²) in [5.74, 6) is -0.235. The number of hydrogen-bond donors (Lipinski definition) is 3. The zero-order valence-electron chi connectivity index (χ0n) is 14.0. The molecule has 0 unspecified atom stereocenters. The number of carbonyl (C=O) groups excluding carboxylic acids is 1. The van der Waals surface area contributed by atoms with Gasteiger partial charge in [-0.1, -0.05) is 18.2 Å². The second kappa shape index (κ2) is 8.97. The molecule has 0 aliphatic carbocycles. The third kappa shape index (κ3) is 6.54. The topological polar surface area (TPSA) is 117 Å². The fourth-order valence-electron chi connectivity index (χ4n) is 1.96. The van der Waals surface area contributed by atoms with Crippen LogP contribution in [0.25, 0.3) is 0 Å². The van der Waals surface area contributed by atoms with Crippen molar-refractivity contribution in [2.75, 3.05) is 24.7 Å². The second-order valence-electron chi connectivity index (χ2n) is 5.19. The molecule has 0 heterocycles. The van der Waals surface area contributed by atoms with Gasteiger partial charge >= 0.3 is 0 Å². The number of nitrogens with one attached hydrogen (secondary N) is 2. The van der Waals surface area contributed by atoms with Gasteiger partial charge in [-0.05, 0) is 36.4 Å². The van der Waals surface area contributed by atoms with Crippen LogP contribution in [-0.4, -0.2) is 44.2 Å². The van der Waals surface area contributed by atoms with Crippen LogP contribution in [0.4, 0.5) is 5.69 Å². The van der Waals surface area contributed by atoms with Gasteiger partial charge in [-0.25, -0.2) is 0 Å². The number of methoxy groups -OCH3 is 1. The molecule has 9 heteroatoms. The molecule has 0 atom stereocenters. The Morgan fingerprint density at radius 3 is 2.35 bits per heavy atom. The number of benzene rings is 2. The van der Waals surface area contributed by atoms with Gasteiger partial charge in [0, 0.05) is 11.3 Å². The summed E-state index contributed by atoms with van der Waals surface area (Å²) in [7, 11) is -2.60. The van der Waals surface area contributed by atoms with E-state index in [0.29, 0.717) is 17.0 Å². The number of amides is 1. The van der Waals surface area contributed by atoms with Gasteiger partial charge in [-0.3, -0.25) is 19.7 Å². The molecule has 0 saturated heterocycles. The Balaban J connectivity index is 2.14. The maximum absolute atomic E-state index is 12.3. The fourth-order valence-corrected chi connectivity index (χ4v) is 2.29. The maximum Gasteiger partial charge on any atom is 0.266 e. The molecule has 0 spiro atoms. The van der Waals surface area contributed by atoms with Gasteiger partial charge in [0.2, 0.25) is 5.96 Å². The molecule has 2 aromatic carbocycles. The third-order valence-corrected chi connectivity index (χ3v) is 3.94. The number of ether oxygens (including phenoxy) is 1. The normalized spacial score (nSPS) is 11.7. The van der Waals surface area contributed by atoms with Crippen molar-refractivity contribution in [1.29, 1.82) is 0 Å². The summed E-state index contributed by atoms with van der Waals surface area (Å²) in [6.07, 6.45) is 0. The molecule has 0 aliphatic rings. The van der Waals surface area contributed by atoms with Crippen LogP contribution in [0.2, 0.25) is 0 Å². The molecule has 2 rings (SSSR count). The molecule has 0 radical (unpaired) electrons. The quantitative estimate of drug-likeness (QED) is 0.401. The van der Waals surface area contributed by atoms with Gasteiger partial charge in [-0.2, -0.15) is 8.42 Å². The first-order chi connectivity index (χ1) is 12.4.